The molecule has 9 nitrogen and oxygen atoms in total. The van der Waals surface area contributed by atoms with Gasteiger partial charge < -0.3 is 20.5 Å². The van der Waals surface area contributed by atoms with Crippen LogP contribution in [0, 0.1) is 6.92 Å². The number of rotatable bonds is 7. The molecule has 13 heteroatoms. The molecule has 1 unspecified atom stereocenters. The fraction of sp³-hybridized carbons (Fsp3) is 0.389. The van der Waals surface area contributed by atoms with Gasteiger partial charge >= 0.3 is 6.18 Å². The van der Waals surface area contributed by atoms with Gasteiger partial charge in [-0.15, -0.1) is 0 Å². The quantitative estimate of drug-likeness (QED) is 0.551. The van der Waals surface area contributed by atoms with Crippen LogP contribution in [0.1, 0.15) is 22.5 Å². The predicted octanol–water partition coefficient (Wildman–Crippen LogP) is 2.69. The highest BCUT2D eigenvalue weighted by Crippen LogP contribution is 2.28. The van der Waals surface area contributed by atoms with Gasteiger partial charge in [0.2, 0.25) is 5.88 Å². The molecule has 0 radical (unpaired) electrons. The molecule has 166 valence electrons. The van der Waals surface area contributed by atoms with Gasteiger partial charge in [0.25, 0.3) is 5.91 Å². The summed E-state index contributed by atoms with van der Waals surface area (Å²) < 4.78 is 48.2. The lowest BCUT2D eigenvalue weighted by Gasteiger charge is -2.18. The number of ether oxygens (including phenoxy) is 1. The first-order chi connectivity index (χ1) is 14.8. The van der Waals surface area contributed by atoms with E-state index in [9.17, 15) is 18.0 Å². The van der Waals surface area contributed by atoms with Crippen molar-refractivity contribution in [1.29, 1.82) is 0 Å². The Morgan fingerprint density at radius 1 is 1.39 bits per heavy atom. The van der Waals surface area contributed by atoms with E-state index < -0.39 is 24.7 Å². The zero-order valence-electron chi connectivity index (χ0n) is 16.3. The van der Waals surface area contributed by atoms with Crippen molar-refractivity contribution >= 4 is 40.2 Å². The molecule has 1 aliphatic heterocycles. The molecule has 1 atom stereocenters. The topological polar surface area (TPSA) is 121 Å². The highest BCUT2D eigenvalue weighted by Gasteiger charge is 2.40. The summed E-state index contributed by atoms with van der Waals surface area (Å²) in [6.45, 7) is 1.46. The first-order valence-corrected chi connectivity index (χ1v) is 9.94. The van der Waals surface area contributed by atoms with Crippen molar-refractivity contribution in [2.75, 3.05) is 30.4 Å². The molecule has 0 bridgehead atoms. The number of carbonyl (C=O) groups is 1. The van der Waals surface area contributed by atoms with Gasteiger partial charge in [0.1, 0.15) is 10.8 Å². The number of anilines is 2. The second-order valence-corrected chi connectivity index (χ2v) is 7.20. The van der Waals surface area contributed by atoms with Crippen molar-refractivity contribution in [2.24, 2.45) is 9.98 Å². The summed E-state index contributed by atoms with van der Waals surface area (Å²) in [6, 6.07) is 1.22. The van der Waals surface area contributed by atoms with Gasteiger partial charge in [-0.25, -0.2) is 4.98 Å². The highest BCUT2D eigenvalue weighted by atomic mass is 32.1. The van der Waals surface area contributed by atoms with Gasteiger partial charge in [0, 0.05) is 19.1 Å². The van der Waals surface area contributed by atoms with Crippen LogP contribution in [0.3, 0.4) is 0 Å². The van der Waals surface area contributed by atoms with Crippen molar-refractivity contribution in [3.8, 4) is 5.88 Å². The predicted molar refractivity (Wildman–Crippen MR) is 110 cm³/mol. The number of amides is 1. The number of alkyl halides is 3. The van der Waals surface area contributed by atoms with Gasteiger partial charge in [-0.3, -0.25) is 14.8 Å². The second kappa shape index (κ2) is 9.83. The van der Waals surface area contributed by atoms with Crippen molar-refractivity contribution in [3.05, 3.63) is 29.6 Å². The molecule has 2 aromatic rings. The normalized spacial score (nSPS) is 16.0. The van der Waals surface area contributed by atoms with E-state index in [4.69, 9.17) is 9.84 Å². The number of hydrogen-bond donors (Lipinski definition) is 3. The Morgan fingerprint density at radius 2 is 2.19 bits per heavy atom. The number of nitrogens with zero attached hydrogens (tertiary/aromatic N) is 4. The van der Waals surface area contributed by atoms with E-state index in [1.54, 1.807) is 19.1 Å². The Morgan fingerprint density at radius 3 is 2.87 bits per heavy atom. The molecule has 0 aliphatic carbocycles. The summed E-state index contributed by atoms with van der Waals surface area (Å²) >= 11 is 0.929. The molecule has 31 heavy (non-hydrogen) atoms. The lowest BCUT2D eigenvalue weighted by molar-refractivity contribution is -0.144. The van der Waals surface area contributed by atoms with E-state index >= 15 is 0 Å². The number of hydrogen-bond acceptors (Lipinski definition) is 9. The molecule has 3 N–H and O–H groups in total. The largest absolute Gasteiger partial charge is 0.478 e. The van der Waals surface area contributed by atoms with E-state index in [0.717, 1.165) is 11.5 Å². The fourth-order valence-corrected chi connectivity index (χ4v) is 3.34. The summed E-state index contributed by atoms with van der Waals surface area (Å²) in [5.74, 6) is -0.265. The van der Waals surface area contributed by atoms with E-state index in [-0.39, 0.29) is 23.0 Å². The number of aliphatic hydroxyl groups is 1. The third-order valence-corrected chi connectivity index (χ3v) is 4.90. The van der Waals surface area contributed by atoms with Crippen molar-refractivity contribution < 1.29 is 27.8 Å². The van der Waals surface area contributed by atoms with Gasteiger partial charge in [-0.2, -0.15) is 17.5 Å². The number of carbonyl (C=O) groups excluding carboxylic acids is 1. The molecule has 0 aromatic carbocycles. The Labute approximate surface area is 179 Å². The lowest BCUT2D eigenvalue weighted by Crippen LogP contribution is -2.35. The number of pyridine rings is 1. The fourth-order valence-electron chi connectivity index (χ4n) is 2.54. The third-order valence-electron chi connectivity index (χ3n) is 4.04. The molecule has 2 aromatic heterocycles. The number of aryl methyl sites for hydroxylation is 1. The van der Waals surface area contributed by atoms with E-state index in [1.807, 2.05) is 0 Å². The maximum absolute atomic E-state index is 12.9. The van der Waals surface area contributed by atoms with Crippen LogP contribution in [0.15, 0.2) is 28.3 Å². The summed E-state index contributed by atoms with van der Waals surface area (Å²) in [6.07, 6.45) is -1.44. The number of halogens is 3. The average Bonchev–Trinajstić information content (AvgIpc) is 3.09. The van der Waals surface area contributed by atoms with Crippen molar-refractivity contribution in [2.45, 2.75) is 25.6 Å². The number of nitrogens with one attached hydrogen (secondary N) is 2. The first-order valence-electron chi connectivity index (χ1n) is 9.16. The molecule has 3 heterocycles. The minimum absolute atomic E-state index is 0.00761. The molecule has 1 amide bonds. The van der Waals surface area contributed by atoms with Gasteiger partial charge in [-0.05, 0) is 24.5 Å². The Balaban J connectivity index is 1.70. The van der Waals surface area contributed by atoms with Gasteiger partial charge in [-0.1, -0.05) is 0 Å². The van der Waals surface area contributed by atoms with Crippen LogP contribution in [0.2, 0.25) is 0 Å². The maximum Gasteiger partial charge on any atom is 0.412 e. The Bertz CT molecular complexity index is 975. The van der Waals surface area contributed by atoms with Crippen molar-refractivity contribution in [1.82, 2.24) is 9.36 Å². The third kappa shape index (κ3) is 5.98. The van der Waals surface area contributed by atoms with Gasteiger partial charge in [0.15, 0.2) is 6.04 Å². The minimum Gasteiger partial charge on any atom is -0.478 e. The minimum atomic E-state index is -4.50. The van der Waals surface area contributed by atoms with Crippen LogP contribution in [-0.2, 0) is 0 Å². The van der Waals surface area contributed by atoms with E-state index in [2.05, 4.69) is 30.0 Å². The molecule has 0 fully saturated rings. The second-order valence-electron chi connectivity index (χ2n) is 6.43. The van der Waals surface area contributed by atoms with Crippen LogP contribution in [0.25, 0.3) is 0 Å². The molecule has 3 rings (SSSR count). The number of aliphatic hydroxyl groups excluding tert-OH is 1. The number of amidine groups is 1. The van der Waals surface area contributed by atoms with Crippen LogP contribution >= 0.6 is 11.5 Å². The maximum atomic E-state index is 12.9. The van der Waals surface area contributed by atoms with Gasteiger partial charge in [0.05, 0.1) is 42.5 Å². The summed E-state index contributed by atoms with van der Waals surface area (Å²) in [5.41, 5.74) is 0.978. The standard InChI is InChI=1S/C18H19F3N6O3S/c1-10-15(16(29)24-11-3-4-14(23-7-11)30-6-2-5-28)17(31-27-10)26-13-9-22-8-12(25-13)18(19,20)21/h3-4,7,9,12,28H,2,5-6,8H2,1H3,(H,24,29)(H,25,26). The van der Waals surface area contributed by atoms with E-state index in [0.29, 0.717) is 30.3 Å². The summed E-state index contributed by atoms with van der Waals surface area (Å²) in [4.78, 5) is 24.1. The SMILES string of the molecule is Cc1nsc(NC2=NC(C(F)(F)F)CN=C2)c1C(=O)Nc1ccc(OCCCO)nc1. The van der Waals surface area contributed by atoms with E-state index in [1.165, 1.54) is 12.4 Å². The van der Waals surface area contributed by atoms with Crippen LogP contribution < -0.4 is 15.4 Å². The zero-order chi connectivity index (χ0) is 22.4. The molecule has 0 spiro atoms. The zero-order valence-corrected chi connectivity index (χ0v) is 17.1. The van der Waals surface area contributed by atoms with Crippen LogP contribution in [0.4, 0.5) is 23.9 Å². The average molecular weight is 456 g/mol. The first kappa shape index (κ1) is 22.6. The molecular weight excluding hydrogens is 437 g/mol. The lowest BCUT2D eigenvalue weighted by atomic mass is 10.2. The highest BCUT2D eigenvalue weighted by molar-refractivity contribution is 7.11. The number of aliphatic imine (C=N–C) groups is 2. The van der Waals surface area contributed by atoms with Crippen LogP contribution in [-0.4, -0.2) is 64.4 Å². The smallest absolute Gasteiger partial charge is 0.412 e. The summed E-state index contributed by atoms with van der Waals surface area (Å²) in [7, 11) is 0. The number of aromatic nitrogens is 2. The molecular formula is C18H19F3N6O3S. The monoisotopic (exact) mass is 456 g/mol. The van der Waals surface area contributed by atoms with Crippen molar-refractivity contribution in [3.63, 3.8) is 0 Å². The molecule has 1 aliphatic rings. The molecule has 0 saturated carbocycles. The summed E-state index contributed by atoms with van der Waals surface area (Å²) in [5, 5.41) is 14.4. The molecule has 0 saturated heterocycles. The Kier molecular flexibility index (Phi) is 7.17. The van der Waals surface area contributed by atoms with Crippen LogP contribution in [0.5, 0.6) is 5.88 Å². The Hall–Kier alpha value is -3.06.